The van der Waals surface area contributed by atoms with E-state index in [0.717, 1.165) is 33.4 Å². The molecule has 1 aliphatic rings. The lowest BCUT2D eigenvalue weighted by Crippen LogP contribution is -2.50. The lowest BCUT2D eigenvalue weighted by Gasteiger charge is -2.27. The Morgan fingerprint density at radius 3 is 1.88 bits per heavy atom. The van der Waals surface area contributed by atoms with Crippen LogP contribution in [0.15, 0.2) is 109 Å². The second-order valence-electron chi connectivity index (χ2n) is 10.1. The zero-order chi connectivity index (χ0) is 28.6. The Morgan fingerprint density at radius 2 is 1.29 bits per heavy atom. The van der Waals surface area contributed by atoms with E-state index in [4.69, 9.17) is 4.74 Å². The zero-order valence-electron chi connectivity index (χ0n) is 22.6. The number of hydrogen-bond donors (Lipinski definition) is 2. The van der Waals surface area contributed by atoms with Gasteiger partial charge in [-0.15, -0.1) is 0 Å². The Kier molecular flexibility index (Phi) is 8.74. The molecule has 4 aromatic carbocycles. The summed E-state index contributed by atoms with van der Waals surface area (Å²) >= 11 is 0. The van der Waals surface area contributed by atoms with Crippen LogP contribution in [0, 0.1) is 0 Å². The topological polar surface area (TPSA) is 95.9 Å². The summed E-state index contributed by atoms with van der Waals surface area (Å²) in [5.41, 5.74) is 6.23. The summed E-state index contributed by atoms with van der Waals surface area (Å²) < 4.78 is 5.71. The van der Waals surface area contributed by atoms with Gasteiger partial charge in [-0.05, 0) is 46.2 Å². The highest BCUT2D eigenvalue weighted by atomic mass is 16.5. The first-order valence-electron chi connectivity index (χ1n) is 13.7. The largest absolute Gasteiger partial charge is 0.480 e. The van der Waals surface area contributed by atoms with Gasteiger partial charge in [0.15, 0.2) is 0 Å². The minimum atomic E-state index is -1.13. The number of alkyl carbamates (subject to hydrolysis) is 1. The van der Waals surface area contributed by atoms with Crippen LogP contribution < -0.4 is 5.32 Å². The summed E-state index contributed by atoms with van der Waals surface area (Å²) in [7, 11) is 0. The highest BCUT2D eigenvalue weighted by Gasteiger charge is 2.31. The molecule has 4 aromatic rings. The third kappa shape index (κ3) is 6.81. The molecule has 0 unspecified atom stereocenters. The van der Waals surface area contributed by atoms with Crippen molar-refractivity contribution >= 4 is 18.0 Å². The van der Waals surface area contributed by atoms with Gasteiger partial charge >= 0.3 is 12.1 Å². The van der Waals surface area contributed by atoms with Gasteiger partial charge in [0.2, 0.25) is 5.91 Å². The predicted molar refractivity (Wildman–Crippen MR) is 156 cm³/mol. The second kappa shape index (κ2) is 13.0. The molecule has 41 heavy (non-hydrogen) atoms. The molecule has 0 aliphatic heterocycles. The quantitative estimate of drug-likeness (QED) is 0.253. The van der Waals surface area contributed by atoms with Crippen molar-refractivity contribution in [3.05, 3.63) is 131 Å². The molecule has 2 amide bonds. The van der Waals surface area contributed by atoms with Crippen molar-refractivity contribution in [2.45, 2.75) is 31.3 Å². The Bertz CT molecular complexity index is 1460. The molecular weight excluding hydrogens is 516 g/mol. The Morgan fingerprint density at radius 1 is 0.756 bits per heavy atom. The van der Waals surface area contributed by atoms with Crippen LogP contribution >= 0.6 is 0 Å². The van der Waals surface area contributed by atoms with Gasteiger partial charge in [-0.2, -0.15) is 0 Å². The van der Waals surface area contributed by atoms with Crippen molar-refractivity contribution < 1.29 is 24.2 Å². The molecule has 0 fully saturated rings. The van der Waals surface area contributed by atoms with Crippen LogP contribution in [0.5, 0.6) is 0 Å². The number of benzene rings is 4. The summed E-state index contributed by atoms with van der Waals surface area (Å²) in [4.78, 5) is 39.8. The molecule has 0 radical (unpaired) electrons. The van der Waals surface area contributed by atoms with E-state index in [0.29, 0.717) is 6.42 Å². The molecule has 0 saturated heterocycles. The van der Waals surface area contributed by atoms with Crippen LogP contribution in [-0.2, 0) is 27.3 Å². The average molecular weight is 549 g/mol. The number of nitrogens with zero attached hydrogens (tertiary/aromatic N) is 1. The van der Waals surface area contributed by atoms with Crippen molar-refractivity contribution in [1.82, 2.24) is 10.2 Å². The van der Waals surface area contributed by atoms with Gasteiger partial charge in [0.05, 0.1) is 0 Å². The lowest BCUT2D eigenvalue weighted by atomic mass is 9.98. The number of carbonyl (C=O) groups excluding carboxylic acids is 2. The number of aryl methyl sites for hydroxylation is 1. The molecule has 0 spiro atoms. The molecule has 208 valence electrons. The summed E-state index contributed by atoms with van der Waals surface area (Å²) in [6.45, 7) is -0.259. The van der Waals surface area contributed by atoms with E-state index in [-0.39, 0.29) is 25.5 Å². The maximum absolute atomic E-state index is 13.7. The van der Waals surface area contributed by atoms with Crippen molar-refractivity contribution in [3.63, 3.8) is 0 Å². The summed E-state index contributed by atoms with van der Waals surface area (Å²) in [5, 5.41) is 12.3. The van der Waals surface area contributed by atoms with Crippen molar-refractivity contribution in [1.29, 1.82) is 0 Å². The molecular formula is C34H32N2O5. The van der Waals surface area contributed by atoms with Crippen LogP contribution in [-0.4, -0.2) is 47.2 Å². The second-order valence-corrected chi connectivity index (χ2v) is 10.1. The van der Waals surface area contributed by atoms with Gasteiger partial charge in [0, 0.05) is 12.5 Å². The SMILES string of the molecule is O=C(O)CN(Cc1ccccc1)C(=O)[C@H](CCc1ccccc1)NC(=O)OCC1c2ccccc2-c2ccccc21. The monoisotopic (exact) mass is 548 g/mol. The molecule has 0 saturated carbocycles. The molecule has 7 heteroatoms. The number of fused-ring (bicyclic) bond motifs is 3. The van der Waals surface area contributed by atoms with Crippen LogP contribution in [0.3, 0.4) is 0 Å². The molecule has 1 aliphatic carbocycles. The van der Waals surface area contributed by atoms with Gasteiger partial charge < -0.3 is 20.1 Å². The molecule has 2 N–H and O–H groups in total. The molecule has 0 bridgehead atoms. The van der Waals surface area contributed by atoms with Crippen molar-refractivity contribution in [3.8, 4) is 11.1 Å². The maximum Gasteiger partial charge on any atom is 0.407 e. The van der Waals surface area contributed by atoms with Gasteiger partial charge in [-0.25, -0.2) is 4.79 Å². The maximum atomic E-state index is 13.7. The third-order valence-electron chi connectivity index (χ3n) is 7.35. The number of carbonyl (C=O) groups is 3. The van der Waals surface area contributed by atoms with Gasteiger partial charge in [0.1, 0.15) is 19.2 Å². The van der Waals surface area contributed by atoms with E-state index in [9.17, 15) is 19.5 Å². The zero-order valence-corrected chi connectivity index (χ0v) is 22.6. The van der Waals surface area contributed by atoms with Crippen LogP contribution in [0.4, 0.5) is 4.79 Å². The number of amides is 2. The average Bonchev–Trinajstić information content (AvgIpc) is 3.32. The number of ether oxygens (including phenoxy) is 1. The smallest absolute Gasteiger partial charge is 0.407 e. The lowest BCUT2D eigenvalue weighted by molar-refractivity contribution is -0.145. The van der Waals surface area contributed by atoms with E-state index in [1.807, 2.05) is 97.1 Å². The molecule has 0 heterocycles. The minimum absolute atomic E-state index is 0.111. The number of carboxylic acid groups (broad SMARTS) is 1. The standard InChI is InChI=1S/C34H32N2O5/c37-32(38)22-36(21-25-13-5-2-6-14-25)33(39)31(20-19-24-11-3-1-4-12-24)35-34(40)41-23-30-28-17-9-7-15-26(28)27-16-8-10-18-29(27)30/h1-18,30-31H,19-23H2,(H,35,40)(H,37,38)/t31-/m0/s1. The molecule has 1 atom stereocenters. The first kappa shape index (κ1) is 27.6. The minimum Gasteiger partial charge on any atom is -0.480 e. The number of rotatable bonds is 11. The number of aliphatic carboxylic acids is 1. The fourth-order valence-electron chi connectivity index (χ4n) is 5.39. The van der Waals surface area contributed by atoms with E-state index in [2.05, 4.69) is 17.4 Å². The van der Waals surface area contributed by atoms with Crippen molar-refractivity contribution in [2.24, 2.45) is 0 Å². The highest BCUT2D eigenvalue weighted by Crippen LogP contribution is 2.44. The summed E-state index contributed by atoms with van der Waals surface area (Å²) in [6, 6.07) is 34.0. The fraction of sp³-hybridized carbons (Fsp3) is 0.206. The van der Waals surface area contributed by atoms with Crippen LogP contribution in [0.25, 0.3) is 11.1 Å². The van der Waals surface area contributed by atoms with E-state index in [1.165, 1.54) is 4.90 Å². The molecule has 0 aromatic heterocycles. The Hall–Kier alpha value is -4.91. The molecule has 7 nitrogen and oxygen atoms in total. The van der Waals surface area contributed by atoms with Crippen molar-refractivity contribution in [2.75, 3.05) is 13.2 Å². The molecule has 5 rings (SSSR count). The Labute approximate surface area is 239 Å². The summed E-state index contributed by atoms with van der Waals surface area (Å²) in [5.74, 6) is -1.72. The van der Waals surface area contributed by atoms with E-state index < -0.39 is 30.6 Å². The normalized spacial score (nSPS) is 12.6. The van der Waals surface area contributed by atoms with E-state index in [1.54, 1.807) is 0 Å². The van der Waals surface area contributed by atoms with Gasteiger partial charge in [-0.3, -0.25) is 9.59 Å². The predicted octanol–water partition coefficient (Wildman–Crippen LogP) is 5.64. The van der Waals surface area contributed by atoms with E-state index >= 15 is 0 Å². The van der Waals surface area contributed by atoms with Crippen LogP contribution in [0.2, 0.25) is 0 Å². The number of hydrogen-bond acceptors (Lipinski definition) is 4. The van der Waals surface area contributed by atoms with Gasteiger partial charge in [-0.1, -0.05) is 109 Å². The fourth-order valence-corrected chi connectivity index (χ4v) is 5.39. The first-order chi connectivity index (χ1) is 20.0. The highest BCUT2D eigenvalue weighted by molar-refractivity contribution is 5.88. The van der Waals surface area contributed by atoms with Gasteiger partial charge in [0.25, 0.3) is 0 Å². The summed E-state index contributed by atoms with van der Waals surface area (Å²) in [6.07, 6.45) is 0.0960. The number of nitrogens with one attached hydrogen (secondary N) is 1. The van der Waals surface area contributed by atoms with Crippen LogP contribution in [0.1, 0.15) is 34.6 Å². The first-order valence-corrected chi connectivity index (χ1v) is 13.7. The Balaban J connectivity index is 1.31. The number of carboxylic acids is 1. The third-order valence-corrected chi connectivity index (χ3v) is 7.35.